The Morgan fingerprint density at radius 2 is 1.48 bits per heavy atom. The second-order valence-electron chi connectivity index (χ2n) is 11.7. The van der Waals surface area contributed by atoms with E-state index in [1.165, 1.54) is 82.7 Å². The summed E-state index contributed by atoms with van der Waals surface area (Å²) in [7, 11) is 0. The number of hydrazone groups is 1. The topological polar surface area (TPSA) is 89.9 Å². The molecule has 2 aromatic carbocycles. The Bertz CT molecular complexity index is 1250. The lowest BCUT2D eigenvalue weighted by Crippen LogP contribution is -2.32. The third-order valence-corrected chi connectivity index (χ3v) is 8.05. The number of anilines is 1. The molecule has 1 unspecified atom stereocenters. The van der Waals surface area contributed by atoms with E-state index in [1.807, 2.05) is 30.5 Å². The van der Waals surface area contributed by atoms with E-state index in [2.05, 4.69) is 58.0 Å². The molecular weight excluding hydrogens is 550 g/mol. The van der Waals surface area contributed by atoms with Crippen LogP contribution in [0.1, 0.15) is 102 Å². The van der Waals surface area contributed by atoms with Gasteiger partial charge in [0.25, 0.3) is 11.7 Å². The summed E-state index contributed by atoms with van der Waals surface area (Å²) in [6.07, 6.45) is 17.8. The number of amidine groups is 1. The number of benzene rings is 2. The van der Waals surface area contributed by atoms with E-state index in [0.29, 0.717) is 0 Å². The molecule has 1 heterocycles. The molecule has 2 aromatic rings. The van der Waals surface area contributed by atoms with Crippen molar-refractivity contribution in [3.8, 4) is 0 Å². The normalized spacial score (nSPS) is 14.7. The van der Waals surface area contributed by atoms with Crippen molar-refractivity contribution in [1.29, 1.82) is 0 Å². The summed E-state index contributed by atoms with van der Waals surface area (Å²) in [5, 5.41) is 13.8. The van der Waals surface area contributed by atoms with Crippen LogP contribution in [0.3, 0.4) is 0 Å². The molecular formula is C36H49N5O3. The maximum atomic E-state index is 12.6. The van der Waals surface area contributed by atoms with Crippen molar-refractivity contribution in [2.75, 3.05) is 24.5 Å². The van der Waals surface area contributed by atoms with E-state index in [1.54, 1.807) is 0 Å². The molecule has 0 aromatic heterocycles. The summed E-state index contributed by atoms with van der Waals surface area (Å²) in [5.41, 5.74) is 3.95. The Morgan fingerprint density at radius 3 is 2.02 bits per heavy atom. The molecule has 1 aliphatic rings. The number of carbonyl (C=O) groups excluding carboxylic acids is 1. The highest BCUT2D eigenvalue weighted by atomic mass is 16.4. The van der Waals surface area contributed by atoms with Crippen molar-refractivity contribution >= 4 is 35.3 Å². The third-order valence-electron chi connectivity index (χ3n) is 8.05. The van der Waals surface area contributed by atoms with Crippen LogP contribution in [0.4, 0.5) is 11.4 Å². The second-order valence-corrected chi connectivity index (χ2v) is 11.7. The van der Waals surface area contributed by atoms with Gasteiger partial charge in [0.15, 0.2) is 6.54 Å². The molecule has 0 bridgehead atoms. The van der Waals surface area contributed by atoms with Gasteiger partial charge in [-0.05, 0) is 59.8 Å². The number of carboxylic acid groups (broad SMARTS) is 1. The number of unbranched alkanes of at least 4 members (excludes halogenated alkanes) is 10. The van der Waals surface area contributed by atoms with Crippen LogP contribution in [0.25, 0.3) is 4.85 Å². The number of carbonyl (C=O) groups is 2. The minimum atomic E-state index is -1.16. The summed E-state index contributed by atoms with van der Waals surface area (Å²) >= 11 is 0. The first kappa shape index (κ1) is 34.5. The number of aliphatic carboxylic acids is 1. The van der Waals surface area contributed by atoms with Gasteiger partial charge in [-0.2, -0.15) is 0 Å². The monoisotopic (exact) mass is 599 g/mol. The van der Waals surface area contributed by atoms with Crippen molar-refractivity contribution in [1.82, 2.24) is 5.01 Å². The fourth-order valence-electron chi connectivity index (χ4n) is 5.46. The van der Waals surface area contributed by atoms with Gasteiger partial charge in [0, 0.05) is 25.0 Å². The Hall–Kier alpha value is -3.99. The summed E-state index contributed by atoms with van der Waals surface area (Å²) in [6.45, 7) is 13.5. The van der Waals surface area contributed by atoms with Crippen LogP contribution in [0.15, 0.2) is 58.6 Å². The van der Waals surface area contributed by atoms with Crippen molar-refractivity contribution in [3.63, 3.8) is 0 Å². The highest BCUT2D eigenvalue weighted by molar-refractivity contribution is 6.12. The summed E-state index contributed by atoms with van der Waals surface area (Å²) in [4.78, 5) is 34.1. The van der Waals surface area contributed by atoms with Crippen LogP contribution in [-0.2, 0) is 16.0 Å². The molecule has 236 valence electrons. The van der Waals surface area contributed by atoms with Crippen LogP contribution in [-0.4, -0.2) is 53.7 Å². The standard InChI is InChI=1S/C36H49N5O3/c1-4-6-8-10-12-14-24-40(25-15-13-11-9-7-5-2)32-22-18-30(19-23-32)27-38-31-20-16-29(17-21-31)26-33-35(37-3)39-41(36(33)44)28-34(42)43/h16-23,27,33H,4-15,24-26,28H2,1-2H3,(H,42,43). The number of amides is 1. The number of nitrogens with zero attached hydrogens (tertiary/aromatic N) is 5. The summed E-state index contributed by atoms with van der Waals surface area (Å²) in [5.74, 6) is -2.36. The Balaban J connectivity index is 1.55. The summed E-state index contributed by atoms with van der Waals surface area (Å²) in [6, 6.07) is 16.2. The van der Waals surface area contributed by atoms with Crippen LogP contribution in [0.5, 0.6) is 0 Å². The molecule has 1 N–H and O–H groups in total. The van der Waals surface area contributed by atoms with Gasteiger partial charge < -0.3 is 14.9 Å². The largest absolute Gasteiger partial charge is 0.480 e. The van der Waals surface area contributed by atoms with E-state index in [-0.39, 0.29) is 12.3 Å². The predicted octanol–water partition coefficient (Wildman–Crippen LogP) is 8.28. The van der Waals surface area contributed by atoms with E-state index in [4.69, 9.17) is 11.7 Å². The Morgan fingerprint density at radius 1 is 0.909 bits per heavy atom. The molecule has 1 aliphatic heterocycles. The Labute approximate surface area is 263 Å². The third kappa shape index (κ3) is 11.6. The SMILES string of the molecule is [C-]#[N+]C1=NN(CC(=O)O)C(=O)C1Cc1ccc(N=Cc2ccc(N(CCCCCCCC)CCCCCCCC)cc2)cc1. The van der Waals surface area contributed by atoms with Gasteiger partial charge in [0.05, 0.1) is 11.6 Å². The fraction of sp³-hybridized carbons (Fsp3) is 0.528. The lowest BCUT2D eigenvalue weighted by Gasteiger charge is -2.25. The molecule has 0 fully saturated rings. The number of hydrogen-bond donors (Lipinski definition) is 1. The molecule has 8 nitrogen and oxygen atoms in total. The number of carboxylic acids is 1. The molecule has 0 aliphatic carbocycles. The second kappa shape index (κ2) is 19.3. The lowest BCUT2D eigenvalue weighted by molar-refractivity contribution is -0.144. The maximum Gasteiger partial charge on any atom is 0.327 e. The quantitative estimate of drug-likeness (QED) is 0.0888. The van der Waals surface area contributed by atoms with Crippen LogP contribution in [0, 0.1) is 12.5 Å². The molecule has 1 atom stereocenters. The van der Waals surface area contributed by atoms with Gasteiger partial charge in [-0.1, -0.05) is 109 Å². The molecule has 1 amide bonds. The first-order valence-electron chi connectivity index (χ1n) is 16.4. The Kier molecular flexibility index (Phi) is 15.1. The van der Waals surface area contributed by atoms with Gasteiger partial charge in [0.1, 0.15) is 0 Å². The van der Waals surface area contributed by atoms with Crippen LogP contribution in [0.2, 0.25) is 0 Å². The van der Waals surface area contributed by atoms with Gasteiger partial charge in [-0.25, -0.2) is 0 Å². The van der Waals surface area contributed by atoms with Crippen molar-refractivity contribution in [3.05, 3.63) is 71.1 Å². The number of aliphatic imine (C=N–C) groups is 1. The van der Waals surface area contributed by atoms with E-state index < -0.39 is 24.3 Å². The van der Waals surface area contributed by atoms with Crippen molar-refractivity contribution in [2.45, 2.75) is 97.3 Å². The molecule has 3 rings (SSSR count). The zero-order valence-electron chi connectivity index (χ0n) is 26.6. The molecule has 0 spiro atoms. The lowest BCUT2D eigenvalue weighted by atomic mass is 9.98. The van der Waals surface area contributed by atoms with Gasteiger partial charge >= 0.3 is 5.97 Å². The number of hydrogen-bond acceptors (Lipinski definition) is 5. The minimum Gasteiger partial charge on any atom is -0.480 e. The minimum absolute atomic E-state index is 0.0271. The molecule has 0 radical (unpaired) electrons. The van der Waals surface area contributed by atoms with Crippen LogP contribution >= 0.6 is 0 Å². The molecule has 44 heavy (non-hydrogen) atoms. The van der Waals surface area contributed by atoms with E-state index >= 15 is 0 Å². The highest BCUT2D eigenvalue weighted by Crippen LogP contribution is 2.23. The predicted molar refractivity (Wildman–Crippen MR) is 180 cm³/mol. The van der Waals surface area contributed by atoms with Crippen LogP contribution < -0.4 is 4.90 Å². The van der Waals surface area contributed by atoms with E-state index in [0.717, 1.165) is 34.9 Å². The first-order valence-corrected chi connectivity index (χ1v) is 16.4. The molecule has 0 saturated heterocycles. The smallest absolute Gasteiger partial charge is 0.327 e. The van der Waals surface area contributed by atoms with E-state index in [9.17, 15) is 9.59 Å². The number of rotatable bonds is 21. The highest BCUT2D eigenvalue weighted by Gasteiger charge is 2.39. The first-order chi connectivity index (χ1) is 21.4. The van der Waals surface area contributed by atoms with Gasteiger partial charge in [-0.15, -0.1) is 5.01 Å². The van der Waals surface area contributed by atoms with Gasteiger partial charge in [-0.3, -0.25) is 14.6 Å². The zero-order chi connectivity index (χ0) is 31.6. The fourth-order valence-corrected chi connectivity index (χ4v) is 5.46. The summed E-state index contributed by atoms with van der Waals surface area (Å²) < 4.78 is 0. The average molecular weight is 600 g/mol. The molecule has 0 saturated carbocycles. The maximum absolute atomic E-state index is 12.6. The van der Waals surface area contributed by atoms with Crippen molar-refractivity contribution in [2.24, 2.45) is 16.0 Å². The molecule has 8 heteroatoms. The van der Waals surface area contributed by atoms with Crippen molar-refractivity contribution < 1.29 is 14.7 Å². The average Bonchev–Trinajstić information content (AvgIpc) is 3.32. The zero-order valence-corrected chi connectivity index (χ0v) is 26.6. The van der Waals surface area contributed by atoms with Gasteiger partial charge in [0.2, 0.25) is 0 Å².